The summed E-state index contributed by atoms with van der Waals surface area (Å²) in [6.07, 6.45) is 1.40. The lowest BCUT2D eigenvalue weighted by Crippen LogP contribution is -2.17. The van der Waals surface area contributed by atoms with Gasteiger partial charge in [-0.05, 0) is 30.7 Å². The number of hydrogen-bond donors (Lipinski definition) is 2. The number of aromatic nitrogens is 2. The topological polar surface area (TPSA) is 66.9 Å². The van der Waals surface area contributed by atoms with E-state index < -0.39 is 11.6 Å². The highest BCUT2D eigenvalue weighted by molar-refractivity contribution is 6.31. The Morgan fingerprint density at radius 2 is 1.96 bits per heavy atom. The average molecular weight is 377 g/mol. The third-order valence-electron chi connectivity index (χ3n) is 3.86. The Hall–Kier alpha value is -2.80. The van der Waals surface area contributed by atoms with Gasteiger partial charge in [0.25, 0.3) is 0 Å². The predicted molar refractivity (Wildman–Crippen MR) is 97.4 cm³/mol. The number of hydrogen-bond acceptors (Lipinski definition) is 4. The zero-order chi connectivity index (χ0) is 18.7. The third kappa shape index (κ3) is 3.88. The van der Waals surface area contributed by atoms with E-state index >= 15 is 0 Å². The van der Waals surface area contributed by atoms with E-state index in [4.69, 9.17) is 11.6 Å². The molecule has 0 saturated carbocycles. The Balaban J connectivity index is 1.65. The number of carbonyl (C=O) groups is 1. The molecule has 3 rings (SSSR count). The molecule has 26 heavy (non-hydrogen) atoms. The lowest BCUT2D eigenvalue weighted by molar-refractivity contribution is -0.115. The largest absolute Gasteiger partial charge is 0.369 e. The average Bonchev–Trinajstić information content (AvgIpc) is 2.60. The van der Waals surface area contributed by atoms with E-state index in [1.807, 2.05) is 6.92 Å². The minimum absolute atomic E-state index is 0.154. The second-order valence-electron chi connectivity index (χ2n) is 5.64. The minimum atomic E-state index is -0.982. The van der Waals surface area contributed by atoms with Crippen molar-refractivity contribution in [3.05, 3.63) is 58.9 Å². The molecule has 0 aliphatic rings. The zero-order valence-electron chi connectivity index (χ0n) is 13.8. The quantitative estimate of drug-likeness (QED) is 0.696. The van der Waals surface area contributed by atoms with Crippen LogP contribution in [0, 0.1) is 18.6 Å². The van der Waals surface area contributed by atoms with E-state index in [1.165, 1.54) is 6.33 Å². The van der Waals surface area contributed by atoms with Gasteiger partial charge in [0.05, 0.1) is 5.52 Å². The molecule has 0 bridgehead atoms. The first-order chi connectivity index (χ1) is 12.5. The Kier molecular flexibility index (Phi) is 5.27. The van der Waals surface area contributed by atoms with Crippen LogP contribution in [0.25, 0.3) is 10.9 Å². The number of anilines is 2. The molecule has 8 heteroatoms. The maximum Gasteiger partial charge on any atom is 0.226 e. The predicted octanol–water partition coefficient (Wildman–Crippen LogP) is 4.31. The second-order valence-corrected chi connectivity index (χ2v) is 6.05. The van der Waals surface area contributed by atoms with E-state index in [0.717, 1.165) is 17.7 Å². The Labute approximate surface area is 153 Å². The van der Waals surface area contributed by atoms with Gasteiger partial charge in [-0.25, -0.2) is 18.7 Å². The summed E-state index contributed by atoms with van der Waals surface area (Å²) in [6, 6.07) is 7.30. The van der Waals surface area contributed by atoms with Crippen molar-refractivity contribution in [2.45, 2.75) is 13.3 Å². The van der Waals surface area contributed by atoms with Gasteiger partial charge in [-0.2, -0.15) is 0 Å². The van der Waals surface area contributed by atoms with Crippen molar-refractivity contribution in [1.29, 1.82) is 0 Å². The van der Waals surface area contributed by atoms with Crippen LogP contribution in [0.2, 0.25) is 5.02 Å². The zero-order valence-corrected chi connectivity index (χ0v) is 14.6. The van der Waals surface area contributed by atoms with Gasteiger partial charge in [0.1, 0.15) is 12.1 Å². The van der Waals surface area contributed by atoms with Gasteiger partial charge in [0.15, 0.2) is 11.6 Å². The number of rotatable bonds is 5. The normalized spacial score (nSPS) is 10.8. The maximum atomic E-state index is 13.5. The van der Waals surface area contributed by atoms with Gasteiger partial charge in [0, 0.05) is 35.1 Å². The van der Waals surface area contributed by atoms with Crippen molar-refractivity contribution in [1.82, 2.24) is 9.97 Å². The number of halogens is 3. The van der Waals surface area contributed by atoms with Gasteiger partial charge in [-0.1, -0.05) is 17.7 Å². The highest BCUT2D eigenvalue weighted by Crippen LogP contribution is 2.24. The standard InChI is InChI=1S/C18H15ClF2N4O/c1-10-12(19)3-2-4-15(10)25-17(26)5-6-22-18-11-7-13(20)14(21)8-16(11)23-9-24-18/h2-4,7-9H,5-6H2,1H3,(H,25,26)(H,22,23,24). The van der Waals surface area contributed by atoms with Crippen LogP contribution in [0.3, 0.4) is 0 Å². The van der Waals surface area contributed by atoms with Gasteiger partial charge in [-0.3, -0.25) is 4.79 Å². The fraction of sp³-hybridized carbons (Fsp3) is 0.167. The third-order valence-corrected chi connectivity index (χ3v) is 4.27. The first kappa shape index (κ1) is 18.0. The van der Waals surface area contributed by atoms with E-state index in [-0.39, 0.29) is 24.4 Å². The summed E-state index contributed by atoms with van der Waals surface area (Å²) in [5.74, 6) is -1.83. The lowest BCUT2D eigenvalue weighted by atomic mass is 10.2. The van der Waals surface area contributed by atoms with Crippen LogP contribution in [0.15, 0.2) is 36.7 Å². The molecule has 1 aromatic heterocycles. The Morgan fingerprint density at radius 3 is 2.77 bits per heavy atom. The molecular formula is C18H15ClF2N4O. The van der Waals surface area contributed by atoms with E-state index in [2.05, 4.69) is 20.6 Å². The molecule has 0 unspecified atom stereocenters. The lowest BCUT2D eigenvalue weighted by Gasteiger charge is -2.11. The minimum Gasteiger partial charge on any atom is -0.369 e. The summed E-state index contributed by atoms with van der Waals surface area (Å²) in [5, 5.41) is 6.65. The Bertz CT molecular complexity index is 981. The van der Waals surface area contributed by atoms with Crippen LogP contribution in [0.1, 0.15) is 12.0 Å². The van der Waals surface area contributed by atoms with E-state index in [0.29, 0.717) is 21.9 Å². The first-order valence-corrected chi connectivity index (χ1v) is 8.22. The van der Waals surface area contributed by atoms with Crippen LogP contribution in [0.4, 0.5) is 20.3 Å². The summed E-state index contributed by atoms with van der Waals surface area (Å²) >= 11 is 6.03. The molecule has 2 aromatic carbocycles. The maximum absolute atomic E-state index is 13.5. The van der Waals surface area contributed by atoms with Gasteiger partial charge >= 0.3 is 0 Å². The summed E-state index contributed by atoms with van der Waals surface area (Å²) < 4.78 is 26.7. The van der Waals surface area contributed by atoms with Crippen LogP contribution in [0.5, 0.6) is 0 Å². The fourth-order valence-corrected chi connectivity index (χ4v) is 2.62. The Morgan fingerprint density at radius 1 is 1.19 bits per heavy atom. The van der Waals surface area contributed by atoms with E-state index in [1.54, 1.807) is 18.2 Å². The number of benzene rings is 2. The number of nitrogens with one attached hydrogen (secondary N) is 2. The highest BCUT2D eigenvalue weighted by atomic mass is 35.5. The van der Waals surface area contributed by atoms with Crippen molar-refractivity contribution in [3.63, 3.8) is 0 Å². The first-order valence-electron chi connectivity index (χ1n) is 7.84. The van der Waals surface area contributed by atoms with Crippen LogP contribution in [-0.4, -0.2) is 22.4 Å². The molecule has 0 aliphatic carbocycles. The molecule has 0 atom stereocenters. The number of amides is 1. The fourth-order valence-electron chi connectivity index (χ4n) is 2.44. The molecule has 2 N–H and O–H groups in total. The van der Waals surface area contributed by atoms with Gasteiger partial charge in [0.2, 0.25) is 5.91 Å². The summed E-state index contributed by atoms with van der Waals surface area (Å²) in [4.78, 5) is 20.0. The SMILES string of the molecule is Cc1c(Cl)cccc1NC(=O)CCNc1ncnc2cc(F)c(F)cc12. The van der Waals surface area contributed by atoms with Crippen molar-refractivity contribution in [2.75, 3.05) is 17.2 Å². The van der Waals surface area contributed by atoms with Crippen molar-refractivity contribution in [3.8, 4) is 0 Å². The molecule has 1 amide bonds. The summed E-state index contributed by atoms with van der Waals surface area (Å²) in [6.45, 7) is 2.08. The van der Waals surface area contributed by atoms with Crippen molar-refractivity contribution < 1.29 is 13.6 Å². The molecule has 0 spiro atoms. The smallest absolute Gasteiger partial charge is 0.226 e. The molecule has 3 aromatic rings. The van der Waals surface area contributed by atoms with Crippen molar-refractivity contribution >= 4 is 39.9 Å². The number of carbonyl (C=O) groups excluding carboxylic acids is 1. The molecule has 0 saturated heterocycles. The molecule has 5 nitrogen and oxygen atoms in total. The van der Waals surface area contributed by atoms with Crippen LogP contribution < -0.4 is 10.6 Å². The highest BCUT2D eigenvalue weighted by Gasteiger charge is 2.11. The van der Waals surface area contributed by atoms with E-state index in [9.17, 15) is 13.6 Å². The molecule has 0 aliphatic heterocycles. The number of nitrogens with zero attached hydrogens (tertiary/aromatic N) is 2. The van der Waals surface area contributed by atoms with Gasteiger partial charge in [-0.15, -0.1) is 0 Å². The monoisotopic (exact) mass is 376 g/mol. The van der Waals surface area contributed by atoms with Crippen LogP contribution >= 0.6 is 11.6 Å². The number of fused-ring (bicyclic) bond motifs is 1. The van der Waals surface area contributed by atoms with Crippen LogP contribution in [-0.2, 0) is 4.79 Å². The van der Waals surface area contributed by atoms with Gasteiger partial charge < -0.3 is 10.6 Å². The second kappa shape index (κ2) is 7.61. The summed E-state index contributed by atoms with van der Waals surface area (Å²) in [7, 11) is 0. The summed E-state index contributed by atoms with van der Waals surface area (Å²) in [5.41, 5.74) is 1.71. The van der Waals surface area contributed by atoms with Crippen molar-refractivity contribution in [2.24, 2.45) is 0 Å². The molecule has 134 valence electrons. The molecule has 1 heterocycles. The molecular weight excluding hydrogens is 362 g/mol. The molecule has 0 radical (unpaired) electrons. The molecule has 0 fully saturated rings.